The molecular formula is C19H20N4OS. The first-order valence-corrected chi connectivity index (χ1v) is 9.14. The Morgan fingerprint density at radius 1 is 1.12 bits per heavy atom. The summed E-state index contributed by atoms with van der Waals surface area (Å²) in [5, 5.41) is 12.2. The Morgan fingerprint density at radius 2 is 1.92 bits per heavy atom. The predicted octanol–water partition coefficient (Wildman–Crippen LogP) is 4.00. The summed E-state index contributed by atoms with van der Waals surface area (Å²) in [6.07, 6.45) is 0. The molecule has 25 heavy (non-hydrogen) atoms. The van der Waals surface area contributed by atoms with Crippen molar-refractivity contribution in [1.82, 2.24) is 14.8 Å². The summed E-state index contributed by atoms with van der Waals surface area (Å²) in [4.78, 5) is 12.1. The maximum absolute atomic E-state index is 12.1. The molecule has 128 valence electrons. The summed E-state index contributed by atoms with van der Waals surface area (Å²) in [7, 11) is 0. The van der Waals surface area contributed by atoms with Gasteiger partial charge in [-0.25, -0.2) is 0 Å². The molecule has 0 radical (unpaired) electrons. The van der Waals surface area contributed by atoms with E-state index in [4.69, 9.17) is 0 Å². The third-order valence-corrected chi connectivity index (χ3v) is 4.67. The molecule has 0 saturated carbocycles. The first kappa shape index (κ1) is 17.2. The molecule has 0 aliphatic carbocycles. The first-order valence-electron chi connectivity index (χ1n) is 8.15. The number of thioether (sulfide) groups is 1. The minimum atomic E-state index is -0.0565. The van der Waals surface area contributed by atoms with E-state index in [1.165, 1.54) is 17.3 Å². The van der Waals surface area contributed by atoms with Crippen molar-refractivity contribution in [2.45, 2.75) is 25.5 Å². The topological polar surface area (TPSA) is 59.8 Å². The Labute approximate surface area is 151 Å². The third kappa shape index (κ3) is 4.28. The van der Waals surface area contributed by atoms with Crippen molar-refractivity contribution in [2.24, 2.45) is 0 Å². The maximum atomic E-state index is 12.1. The number of aromatic nitrogens is 3. The minimum absolute atomic E-state index is 0.0565. The van der Waals surface area contributed by atoms with Crippen LogP contribution in [0.2, 0.25) is 0 Å². The Hall–Kier alpha value is -2.60. The van der Waals surface area contributed by atoms with Gasteiger partial charge in [-0.1, -0.05) is 53.7 Å². The number of carbonyl (C=O) groups excluding carboxylic acids is 1. The number of nitrogens with one attached hydrogen (secondary N) is 1. The maximum Gasteiger partial charge on any atom is 0.234 e. The van der Waals surface area contributed by atoms with Gasteiger partial charge in [0, 0.05) is 17.8 Å². The molecule has 6 heteroatoms. The number of para-hydroxylation sites is 1. The predicted molar refractivity (Wildman–Crippen MR) is 102 cm³/mol. The van der Waals surface area contributed by atoms with Gasteiger partial charge >= 0.3 is 0 Å². The number of hydrogen-bond donors (Lipinski definition) is 1. The van der Waals surface area contributed by atoms with Gasteiger partial charge in [-0.05, 0) is 32.0 Å². The van der Waals surface area contributed by atoms with Crippen LogP contribution in [0.4, 0.5) is 5.69 Å². The number of rotatable bonds is 6. The van der Waals surface area contributed by atoms with E-state index in [0.717, 1.165) is 28.8 Å². The number of aryl methyl sites for hydroxylation is 1. The zero-order valence-electron chi connectivity index (χ0n) is 14.3. The molecule has 1 aromatic heterocycles. The van der Waals surface area contributed by atoms with Crippen molar-refractivity contribution in [1.29, 1.82) is 0 Å². The largest absolute Gasteiger partial charge is 0.325 e. The van der Waals surface area contributed by atoms with Gasteiger partial charge < -0.3 is 9.88 Å². The van der Waals surface area contributed by atoms with Gasteiger partial charge in [-0.3, -0.25) is 4.79 Å². The highest BCUT2D eigenvalue weighted by molar-refractivity contribution is 7.99. The zero-order valence-corrected chi connectivity index (χ0v) is 15.1. The first-order chi connectivity index (χ1) is 12.2. The van der Waals surface area contributed by atoms with E-state index in [0.29, 0.717) is 5.75 Å². The lowest BCUT2D eigenvalue weighted by molar-refractivity contribution is -0.113. The van der Waals surface area contributed by atoms with E-state index in [1.54, 1.807) is 0 Å². The lowest BCUT2D eigenvalue weighted by Crippen LogP contribution is -2.14. The Bertz CT molecular complexity index is 861. The van der Waals surface area contributed by atoms with E-state index in [2.05, 4.69) is 41.5 Å². The molecule has 0 fully saturated rings. The van der Waals surface area contributed by atoms with Crippen molar-refractivity contribution in [3.05, 3.63) is 60.2 Å². The van der Waals surface area contributed by atoms with E-state index in [1.807, 2.05) is 47.0 Å². The molecule has 0 spiro atoms. The fourth-order valence-electron chi connectivity index (χ4n) is 2.53. The van der Waals surface area contributed by atoms with Crippen LogP contribution in [0.25, 0.3) is 11.4 Å². The second kappa shape index (κ2) is 7.98. The summed E-state index contributed by atoms with van der Waals surface area (Å²) >= 11 is 1.40. The van der Waals surface area contributed by atoms with Crippen LogP contribution in [0.5, 0.6) is 0 Å². The summed E-state index contributed by atoms with van der Waals surface area (Å²) in [6.45, 7) is 4.86. The summed E-state index contributed by atoms with van der Waals surface area (Å²) in [5.74, 6) is 1.07. The number of hydrogen-bond acceptors (Lipinski definition) is 4. The number of amides is 1. The average molecular weight is 352 g/mol. The third-order valence-electron chi connectivity index (χ3n) is 3.70. The molecule has 5 nitrogen and oxygen atoms in total. The smallest absolute Gasteiger partial charge is 0.234 e. The molecule has 0 saturated heterocycles. The lowest BCUT2D eigenvalue weighted by Gasteiger charge is -2.08. The van der Waals surface area contributed by atoms with Crippen LogP contribution in [0.3, 0.4) is 0 Å². The molecule has 0 aliphatic heterocycles. The second-order valence-electron chi connectivity index (χ2n) is 5.62. The highest BCUT2D eigenvalue weighted by atomic mass is 32.2. The van der Waals surface area contributed by atoms with Gasteiger partial charge in [-0.2, -0.15) is 0 Å². The molecule has 1 N–H and O–H groups in total. The van der Waals surface area contributed by atoms with Gasteiger partial charge in [0.25, 0.3) is 0 Å². The fraction of sp³-hybridized carbons (Fsp3) is 0.211. The van der Waals surface area contributed by atoms with Gasteiger partial charge in [0.2, 0.25) is 5.91 Å². The van der Waals surface area contributed by atoms with Crippen LogP contribution in [0, 0.1) is 6.92 Å². The molecule has 0 bridgehead atoms. The van der Waals surface area contributed by atoms with Crippen molar-refractivity contribution in [3.63, 3.8) is 0 Å². The molecule has 0 unspecified atom stereocenters. The summed E-state index contributed by atoms with van der Waals surface area (Å²) in [6, 6.07) is 17.6. The van der Waals surface area contributed by atoms with Gasteiger partial charge in [0.05, 0.1) is 5.75 Å². The van der Waals surface area contributed by atoms with Crippen LogP contribution >= 0.6 is 11.8 Å². The van der Waals surface area contributed by atoms with Crippen LogP contribution in [-0.4, -0.2) is 26.4 Å². The SMILES string of the molecule is CCn1c(SCC(=O)Nc2ccccc2)nnc1-c1cccc(C)c1. The van der Waals surface area contributed by atoms with Gasteiger partial charge in [-0.15, -0.1) is 10.2 Å². The molecule has 0 aliphatic rings. The van der Waals surface area contributed by atoms with Crippen molar-refractivity contribution >= 4 is 23.4 Å². The summed E-state index contributed by atoms with van der Waals surface area (Å²) in [5.41, 5.74) is 3.01. The standard InChI is InChI=1S/C19H20N4OS/c1-3-23-18(15-9-7-8-14(2)12-15)21-22-19(23)25-13-17(24)20-16-10-5-4-6-11-16/h4-12H,3,13H2,1-2H3,(H,20,24). The number of benzene rings is 2. The highest BCUT2D eigenvalue weighted by Crippen LogP contribution is 2.24. The van der Waals surface area contributed by atoms with Crippen molar-refractivity contribution < 1.29 is 4.79 Å². The van der Waals surface area contributed by atoms with Crippen molar-refractivity contribution in [2.75, 3.05) is 11.1 Å². The van der Waals surface area contributed by atoms with Crippen LogP contribution in [-0.2, 0) is 11.3 Å². The highest BCUT2D eigenvalue weighted by Gasteiger charge is 2.14. The number of carbonyl (C=O) groups is 1. The molecule has 2 aromatic carbocycles. The molecular weight excluding hydrogens is 332 g/mol. The fourth-order valence-corrected chi connectivity index (χ4v) is 3.33. The Balaban J connectivity index is 1.70. The average Bonchev–Trinajstić information content (AvgIpc) is 3.04. The Morgan fingerprint density at radius 3 is 2.64 bits per heavy atom. The quantitative estimate of drug-likeness (QED) is 0.681. The molecule has 1 amide bonds. The van der Waals surface area contributed by atoms with Gasteiger partial charge in [0.1, 0.15) is 0 Å². The monoisotopic (exact) mass is 352 g/mol. The van der Waals surface area contributed by atoms with Crippen LogP contribution < -0.4 is 5.32 Å². The van der Waals surface area contributed by atoms with E-state index < -0.39 is 0 Å². The van der Waals surface area contributed by atoms with E-state index >= 15 is 0 Å². The second-order valence-corrected chi connectivity index (χ2v) is 6.57. The lowest BCUT2D eigenvalue weighted by atomic mass is 10.1. The minimum Gasteiger partial charge on any atom is -0.325 e. The molecule has 1 heterocycles. The van der Waals surface area contributed by atoms with Crippen LogP contribution in [0.1, 0.15) is 12.5 Å². The van der Waals surface area contributed by atoms with E-state index in [9.17, 15) is 4.79 Å². The number of anilines is 1. The summed E-state index contributed by atoms with van der Waals surface area (Å²) < 4.78 is 2.04. The number of nitrogens with zero attached hydrogens (tertiary/aromatic N) is 3. The molecule has 0 atom stereocenters. The van der Waals surface area contributed by atoms with Crippen LogP contribution in [0.15, 0.2) is 59.8 Å². The van der Waals surface area contributed by atoms with E-state index in [-0.39, 0.29) is 5.91 Å². The van der Waals surface area contributed by atoms with Gasteiger partial charge in [0.15, 0.2) is 11.0 Å². The normalized spacial score (nSPS) is 10.6. The molecule has 3 aromatic rings. The molecule has 3 rings (SSSR count). The zero-order chi connectivity index (χ0) is 17.6. The Kier molecular flexibility index (Phi) is 5.50. The van der Waals surface area contributed by atoms with Crippen molar-refractivity contribution in [3.8, 4) is 11.4 Å².